The number of urea groups is 2. The molecule has 1 aromatic carbocycles. The highest BCUT2D eigenvalue weighted by Crippen LogP contribution is 2.35. The van der Waals surface area contributed by atoms with E-state index >= 15 is 0 Å². The Hall–Kier alpha value is -2.64. The number of anilines is 2. The van der Waals surface area contributed by atoms with Crippen molar-refractivity contribution in [3.05, 3.63) is 18.2 Å². The van der Waals surface area contributed by atoms with Crippen LogP contribution in [0.1, 0.15) is 6.92 Å². The van der Waals surface area contributed by atoms with Crippen molar-refractivity contribution in [2.45, 2.75) is 13.0 Å². The van der Waals surface area contributed by atoms with E-state index in [0.29, 0.717) is 26.2 Å². The van der Waals surface area contributed by atoms with Crippen LogP contribution in [-0.2, 0) is 0 Å². The van der Waals surface area contributed by atoms with Gasteiger partial charge in [0.05, 0.1) is 18.3 Å². The van der Waals surface area contributed by atoms with Gasteiger partial charge in [0, 0.05) is 32.4 Å². The molecule has 1 fully saturated rings. The first-order valence-corrected chi connectivity index (χ1v) is 8.17. The standard InChI is InChI=1S/C16H23N5O3/c1-3-21(16(23)17-2)12-4-5-14-13(8-12)20(6-7-24-14)10-11-9-18-15(22)19-11/h4-5,8,11H,3,6-7,9-10H2,1-2H3,(H,17,23)(H2,18,19,22). The Labute approximate surface area is 141 Å². The van der Waals surface area contributed by atoms with Crippen molar-refractivity contribution in [3.63, 3.8) is 0 Å². The lowest BCUT2D eigenvalue weighted by molar-refractivity contribution is 0.247. The molecule has 3 N–H and O–H groups in total. The quantitative estimate of drug-likeness (QED) is 0.758. The molecule has 1 aromatic rings. The van der Waals surface area contributed by atoms with Gasteiger partial charge in [-0.05, 0) is 25.1 Å². The summed E-state index contributed by atoms with van der Waals surface area (Å²) in [4.78, 5) is 27.2. The Balaban J connectivity index is 1.83. The summed E-state index contributed by atoms with van der Waals surface area (Å²) in [5.41, 5.74) is 1.77. The molecular weight excluding hydrogens is 310 g/mol. The van der Waals surface area contributed by atoms with E-state index in [1.807, 2.05) is 25.1 Å². The first-order chi connectivity index (χ1) is 11.6. The molecule has 0 bridgehead atoms. The Kier molecular flexibility index (Phi) is 4.64. The van der Waals surface area contributed by atoms with E-state index in [0.717, 1.165) is 23.7 Å². The average Bonchev–Trinajstić information content (AvgIpc) is 3.00. The van der Waals surface area contributed by atoms with E-state index in [2.05, 4.69) is 20.9 Å². The molecule has 3 rings (SSSR count). The highest BCUT2D eigenvalue weighted by atomic mass is 16.5. The Morgan fingerprint density at radius 1 is 1.50 bits per heavy atom. The van der Waals surface area contributed by atoms with Gasteiger partial charge in [-0.3, -0.25) is 4.90 Å². The number of benzene rings is 1. The van der Waals surface area contributed by atoms with Gasteiger partial charge in [0.1, 0.15) is 12.4 Å². The van der Waals surface area contributed by atoms with E-state index in [1.54, 1.807) is 11.9 Å². The molecule has 24 heavy (non-hydrogen) atoms. The summed E-state index contributed by atoms with van der Waals surface area (Å²) in [5, 5.41) is 8.33. The van der Waals surface area contributed by atoms with Crippen LogP contribution in [0.5, 0.6) is 5.75 Å². The molecule has 0 radical (unpaired) electrons. The first kappa shape index (κ1) is 16.2. The number of ether oxygens (including phenoxy) is 1. The van der Waals surface area contributed by atoms with Crippen LogP contribution in [0.4, 0.5) is 21.0 Å². The normalized spacial score (nSPS) is 19.0. The van der Waals surface area contributed by atoms with Crippen LogP contribution >= 0.6 is 0 Å². The maximum absolute atomic E-state index is 12.0. The predicted octanol–water partition coefficient (Wildman–Crippen LogP) is 0.733. The third-order valence-corrected chi connectivity index (χ3v) is 4.27. The predicted molar refractivity (Wildman–Crippen MR) is 91.9 cm³/mol. The van der Waals surface area contributed by atoms with E-state index in [9.17, 15) is 9.59 Å². The van der Waals surface area contributed by atoms with Crippen molar-refractivity contribution < 1.29 is 14.3 Å². The zero-order valence-corrected chi connectivity index (χ0v) is 14.0. The van der Waals surface area contributed by atoms with Gasteiger partial charge in [-0.15, -0.1) is 0 Å². The lowest BCUT2D eigenvalue weighted by atomic mass is 10.1. The number of rotatable bonds is 4. The largest absolute Gasteiger partial charge is 0.490 e. The van der Waals surface area contributed by atoms with Crippen LogP contribution < -0.4 is 30.5 Å². The monoisotopic (exact) mass is 333 g/mol. The molecular formula is C16H23N5O3. The van der Waals surface area contributed by atoms with E-state index < -0.39 is 0 Å². The highest BCUT2D eigenvalue weighted by Gasteiger charge is 2.26. The van der Waals surface area contributed by atoms with Crippen LogP contribution in [-0.4, -0.2) is 57.9 Å². The summed E-state index contributed by atoms with van der Waals surface area (Å²) < 4.78 is 5.73. The fourth-order valence-corrected chi connectivity index (χ4v) is 3.08. The van der Waals surface area contributed by atoms with E-state index in [1.165, 1.54) is 0 Å². The van der Waals surface area contributed by atoms with Gasteiger partial charge in [-0.1, -0.05) is 0 Å². The number of nitrogens with zero attached hydrogens (tertiary/aromatic N) is 2. The fraction of sp³-hybridized carbons (Fsp3) is 0.500. The second-order valence-corrected chi connectivity index (χ2v) is 5.80. The Morgan fingerprint density at radius 2 is 2.33 bits per heavy atom. The molecule has 0 saturated carbocycles. The Bertz CT molecular complexity index is 636. The van der Waals surface area contributed by atoms with E-state index in [4.69, 9.17) is 4.74 Å². The summed E-state index contributed by atoms with van der Waals surface area (Å²) in [6, 6.07) is 5.55. The van der Waals surface area contributed by atoms with Gasteiger partial charge >= 0.3 is 12.1 Å². The van der Waals surface area contributed by atoms with Gasteiger partial charge in [-0.25, -0.2) is 9.59 Å². The van der Waals surface area contributed by atoms with Gasteiger partial charge in [0.15, 0.2) is 0 Å². The average molecular weight is 333 g/mol. The van der Waals surface area contributed by atoms with Crippen LogP contribution in [0, 0.1) is 0 Å². The van der Waals surface area contributed by atoms with Crippen molar-refractivity contribution in [1.82, 2.24) is 16.0 Å². The molecule has 8 heteroatoms. The molecule has 2 aliphatic rings. The molecule has 130 valence electrons. The van der Waals surface area contributed by atoms with Crippen molar-refractivity contribution in [1.29, 1.82) is 0 Å². The number of hydrogen-bond donors (Lipinski definition) is 3. The molecule has 2 aliphatic heterocycles. The summed E-state index contributed by atoms with van der Waals surface area (Å²) in [5.74, 6) is 0.801. The molecule has 4 amide bonds. The van der Waals surface area contributed by atoms with Gasteiger partial charge in [0.2, 0.25) is 0 Å². The topological polar surface area (TPSA) is 85.9 Å². The molecule has 1 atom stereocenters. The maximum atomic E-state index is 12.0. The van der Waals surface area contributed by atoms with Crippen LogP contribution in [0.2, 0.25) is 0 Å². The third-order valence-electron chi connectivity index (χ3n) is 4.27. The molecule has 1 unspecified atom stereocenters. The number of carbonyl (C=O) groups excluding carboxylic acids is 2. The van der Waals surface area contributed by atoms with Gasteiger partial charge in [-0.2, -0.15) is 0 Å². The number of hydrogen-bond acceptors (Lipinski definition) is 4. The molecule has 1 saturated heterocycles. The number of carbonyl (C=O) groups is 2. The number of amides is 4. The Morgan fingerprint density at radius 3 is 3.00 bits per heavy atom. The van der Waals surface area contributed by atoms with Crippen LogP contribution in [0.3, 0.4) is 0 Å². The number of nitrogens with one attached hydrogen (secondary N) is 3. The fourth-order valence-electron chi connectivity index (χ4n) is 3.08. The maximum Gasteiger partial charge on any atom is 0.321 e. The smallest absolute Gasteiger partial charge is 0.321 e. The van der Waals surface area contributed by atoms with E-state index in [-0.39, 0.29) is 18.1 Å². The SMILES string of the molecule is CCN(C(=O)NC)c1ccc2c(c1)N(CC1CNC(=O)N1)CCO2. The number of fused-ring (bicyclic) bond motifs is 1. The minimum Gasteiger partial charge on any atom is -0.490 e. The lowest BCUT2D eigenvalue weighted by Gasteiger charge is -2.34. The summed E-state index contributed by atoms with van der Waals surface area (Å²) in [7, 11) is 1.62. The molecule has 0 aliphatic carbocycles. The second-order valence-electron chi connectivity index (χ2n) is 5.80. The molecule has 2 heterocycles. The first-order valence-electron chi connectivity index (χ1n) is 8.17. The van der Waals surface area contributed by atoms with Crippen molar-refractivity contribution in [2.24, 2.45) is 0 Å². The van der Waals surface area contributed by atoms with Crippen molar-refractivity contribution in [3.8, 4) is 5.75 Å². The molecule has 8 nitrogen and oxygen atoms in total. The summed E-state index contributed by atoms with van der Waals surface area (Å²) >= 11 is 0. The minimum atomic E-state index is -0.145. The third kappa shape index (κ3) is 3.17. The summed E-state index contributed by atoms with van der Waals surface area (Å²) in [6.07, 6.45) is 0. The summed E-state index contributed by atoms with van der Waals surface area (Å²) in [6.45, 7) is 5.17. The zero-order chi connectivity index (χ0) is 17.1. The van der Waals surface area contributed by atoms with Crippen molar-refractivity contribution in [2.75, 3.05) is 49.6 Å². The zero-order valence-electron chi connectivity index (χ0n) is 14.0. The van der Waals surface area contributed by atoms with Crippen LogP contribution in [0.25, 0.3) is 0 Å². The van der Waals surface area contributed by atoms with Gasteiger partial charge in [0.25, 0.3) is 0 Å². The lowest BCUT2D eigenvalue weighted by Crippen LogP contribution is -2.43. The van der Waals surface area contributed by atoms with Crippen molar-refractivity contribution >= 4 is 23.4 Å². The van der Waals surface area contributed by atoms with Crippen LogP contribution in [0.15, 0.2) is 18.2 Å². The minimum absolute atomic E-state index is 0.0633. The highest BCUT2D eigenvalue weighted by molar-refractivity contribution is 5.92. The van der Waals surface area contributed by atoms with Gasteiger partial charge < -0.3 is 25.6 Å². The second kappa shape index (κ2) is 6.86. The molecule has 0 spiro atoms. The molecule has 0 aromatic heterocycles.